The van der Waals surface area contributed by atoms with Gasteiger partial charge in [0.2, 0.25) is 0 Å². The van der Waals surface area contributed by atoms with Gasteiger partial charge in [-0.25, -0.2) is 4.68 Å². The predicted octanol–water partition coefficient (Wildman–Crippen LogP) is 2.75. The summed E-state index contributed by atoms with van der Waals surface area (Å²) in [5.74, 6) is 1.22. The van der Waals surface area contributed by atoms with Crippen molar-refractivity contribution in [1.82, 2.24) is 24.9 Å². The van der Waals surface area contributed by atoms with Crippen LogP contribution in [0.5, 0.6) is 0 Å². The van der Waals surface area contributed by atoms with E-state index < -0.39 is 0 Å². The molecule has 174 valence electrons. The molecule has 0 spiro atoms. The smallest absolute Gasteiger partial charge is 0.251 e. The molecule has 7 nitrogen and oxygen atoms in total. The molecule has 1 N–H and O–H groups in total. The van der Waals surface area contributed by atoms with Crippen LogP contribution in [0.25, 0.3) is 0 Å². The largest absolute Gasteiger partial charge is 0.352 e. The average Bonchev–Trinajstić information content (AvgIpc) is 3.20. The number of carbonyl (C=O) groups excluding carboxylic acids is 1. The van der Waals surface area contributed by atoms with Crippen LogP contribution in [0.3, 0.4) is 0 Å². The Morgan fingerprint density at radius 1 is 1.00 bits per heavy atom. The molecule has 1 fully saturated rings. The lowest BCUT2D eigenvalue weighted by atomic mass is 10.1. The number of fused-ring (bicyclic) bond motifs is 1. The van der Waals surface area contributed by atoms with Crippen molar-refractivity contribution in [3.8, 4) is 0 Å². The average molecular weight is 439 g/mol. The number of anilines is 1. The second-order valence-electron chi connectivity index (χ2n) is 9.13. The van der Waals surface area contributed by atoms with Gasteiger partial charge in [0, 0.05) is 64.0 Å². The van der Waals surface area contributed by atoms with Crippen molar-refractivity contribution in [3.63, 3.8) is 0 Å². The highest BCUT2D eigenvalue weighted by Crippen LogP contribution is 2.23. The summed E-state index contributed by atoms with van der Waals surface area (Å²) in [5.41, 5.74) is 3.02. The number of aromatic nitrogens is 2. The molecular formula is C25H38N6O. The third-order valence-electron chi connectivity index (χ3n) is 6.53. The monoisotopic (exact) mass is 438 g/mol. The van der Waals surface area contributed by atoms with Crippen molar-refractivity contribution in [1.29, 1.82) is 0 Å². The topological polar surface area (TPSA) is 56.6 Å². The third-order valence-corrected chi connectivity index (χ3v) is 6.53. The molecular weight excluding hydrogens is 400 g/mol. The van der Waals surface area contributed by atoms with Crippen molar-refractivity contribution in [2.24, 2.45) is 0 Å². The molecule has 0 unspecified atom stereocenters. The number of aryl methyl sites for hydroxylation is 2. The molecule has 3 heterocycles. The molecule has 0 radical (unpaired) electrons. The Morgan fingerprint density at radius 3 is 2.44 bits per heavy atom. The molecule has 0 bridgehead atoms. The van der Waals surface area contributed by atoms with E-state index in [0.29, 0.717) is 0 Å². The highest BCUT2D eigenvalue weighted by atomic mass is 16.1. The maximum atomic E-state index is 12.5. The first-order chi connectivity index (χ1) is 15.6. The Hall–Kier alpha value is -2.38. The lowest BCUT2D eigenvalue weighted by molar-refractivity contribution is 0.0948. The van der Waals surface area contributed by atoms with Crippen molar-refractivity contribution < 1.29 is 4.79 Å². The van der Waals surface area contributed by atoms with Crippen molar-refractivity contribution in [2.75, 3.05) is 57.3 Å². The van der Waals surface area contributed by atoms with Crippen LogP contribution < -0.4 is 10.2 Å². The summed E-state index contributed by atoms with van der Waals surface area (Å²) in [5, 5.41) is 7.66. The standard InChI is InChI=1S/C25H38N6O/c1-3-11-28-15-17-29(18-16-28)12-4-10-26-25(32)23-8-6-22(7-9-23)20-30-13-5-14-31-24(30)19-21(2)27-31/h6-9,19H,3-5,10-18,20H2,1-2H3,(H,26,32). The van der Waals surface area contributed by atoms with Gasteiger partial charge in [0.15, 0.2) is 0 Å². The van der Waals surface area contributed by atoms with E-state index in [4.69, 9.17) is 0 Å². The Bertz CT molecular complexity index is 869. The lowest BCUT2D eigenvalue weighted by Crippen LogP contribution is -2.47. The molecule has 7 heteroatoms. The van der Waals surface area contributed by atoms with Gasteiger partial charge < -0.3 is 20.0 Å². The number of benzene rings is 1. The van der Waals surface area contributed by atoms with Crippen LogP contribution in [0.1, 0.15) is 47.8 Å². The van der Waals surface area contributed by atoms with Crippen LogP contribution in [-0.2, 0) is 13.1 Å². The second kappa shape index (κ2) is 11.0. The Balaban J connectivity index is 1.19. The minimum absolute atomic E-state index is 0.0241. The Kier molecular flexibility index (Phi) is 7.81. The molecule has 1 aromatic carbocycles. The second-order valence-corrected chi connectivity index (χ2v) is 9.13. The molecule has 1 aromatic heterocycles. The van der Waals surface area contributed by atoms with E-state index in [9.17, 15) is 4.79 Å². The SMILES string of the molecule is CCCN1CCN(CCCNC(=O)c2ccc(CN3CCCn4nc(C)cc43)cc2)CC1. The van der Waals surface area contributed by atoms with Crippen LogP contribution in [0, 0.1) is 6.92 Å². The summed E-state index contributed by atoms with van der Waals surface area (Å²) in [7, 11) is 0. The van der Waals surface area contributed by atoms with Crippen LogP contribution >= 0.6 is 0 Å². The van der Waals surface area contributed by atoms with E-state index in [0.717, 1.165) is 69.9 Å². The molecule has 1 saturated heterocycles. The third kappa shape index (κ3) is 5.90. The van der Waals surface area contributed by atoms with Crippen molar-refractivity contribution >= 4 is 11.7 Å². The highest BCUT2D eigenvalue weighted by Gasteiger charge is 2.19. The van der Waals surface area contributed by atoms with Crippen LogP contribution in [-0.4, -0.2) is 77.8 Å². The van der Waals surface area contributed by atoms with Gasteiger partial charge in [0.05, 0.1) is 5.69 Å². The number of rotatable bonds is 9. The Labute approximate surface area is 192 Å². The summed E-state index contributed by atoms with van der Waals surface area (Å²) in [6.45, 7) is 14.8. The number of hydrogen-bond acceptors (Lipinski definition) is 5. The molecule has 0 atom stereocenters. The molecule has 32 heavy (non-hydrogen) atoms. The number of hydrogen-bond donors (Lipinski definition) is 1. The van der Waals surface area contributed by atoms with E-state index >= 15 is 0 Å². The van der Waals surface area contributed by atoms with E-state index in [1.165, 1.54) is 37.4 Å². The zero-order valence-corrected chi connectivity index (χ0v) is 19.7. The first kappa shape index (κ1) is 22.8. The highest BCUT2D eigenvalue weighted by molar-refractivity contribution is 5.94. The molecule has 4 rings (SSSR count). The minimum atomic E-state index is 0.0241. The van der Waals surface area contributed by atoms with Crippen LogP contribution in [0.15, 0.2) is 30.3 Å². The van der Waals surface area contributed by atoms with Gasteiger partial charge in [0.25, 0.3) is 5.91 Å². The van der Waals surface area contributed by atoms with Gasteiger partial charge in [-0.15, -0.1) is 0 Å². The summed E-state index contributed by atoms with van der Waals surface area (Å²) in [6, 6.07) is 10.2. The first-order valence-corrected chi connectivity index (χ1v) is 12.2. The van der Waals surface area contributed by atoms with E-state index in [-0.39, 0.29) is 5.91 Å². The first-order valence-electron chi connectivity index (χ1n) is 12.2. The number of piperazine rings is 1. The van der Waals surface area contributed by atoms with Gasteiger partial charge in [-0.3, -0.25) is 4.79 Å². The molecule has 0 aliphatic carbocycles. The number of carbonyl (C=O) groups is 1. The summed E-state index contributed by atoms with van der Waals surface area (Å²) in [4.78, 5) is 20.0. The fourth-order valence-electron chi connectivity index (χ4n) is 4.78. The van der Waals surface area contributed by atoms with Gasteiger partial charge in [-0.1, -0.05) is 19.1 Å². The van der Waals surface area contributed by atoms with Crippen molar-refractivity contribution in [3.05, 3.63) is 47.2 Å². The van der Waals surface area contributed by atoms with Crippen molar-refractivity contribution in [2.45, 2.75) is 46.2 Å². The summed E-state index contributed by atoms with van der Waals surface area (Å²) < 4.78 is 2.10. The normalized spacial score (nSPS) is 17.4. The van der Waals surface area contributed by atoms with Crippen LogP contribution in [0.4, 0.5) is 5.82 Å². The van der Waals surface area contributed by atoms with Gasteiger partial charge in [0.1, 0.15) is 5.82 Å². The quantitative estimate of drug-likeness (QED) is 0.610. The van der Waals surface area contributed by atoms with E-state index in [1.807, 2.05) is 19.1 Å². The summed E-state index contributed by atoms with van der Waals surface area (Å²) in [6.07, 6.45) is 3.35. The Morgan fingerprint density at radius 2 is 1.72 bits per heavy atom. The molecule has 2 aliphatic heterocycles. The lowest BCUT2D eigenvalue weighted by Gasteiger charge is -2.34. The van der Waals surface area contributed by atoms with E-state index in [2.05, 4.69) is 54.9 Å². The van der Waals surface area contributed by atoms with Gasteiger partial charge >= 0.3 is 0 Å². The molecule has 2 aromatic rings. The van der Waals surface area contributed by atoms with Crippen LogP contribution in [0.2, 0.25) is 0 Å². The fourth-order valence-corrected chi connectivity index (χ4v) is 4.78. The molecule has 2 aliphatic rings. The zero-order chi connectivity index (χ0) is 22.3. The maximum Gasteiger partial charge on any atom is 0.251 e. The zero-order valence-electron chi connectivity index (χ0n) is 19.7. The number of amides is 1. The summed E-state index contributed by atoms with van der Waals surface area (Å²) >= 11 is 0. The van der Waals surface area contributed by atoms with Gasteiger partial charge in [-0.05, 0) is 57.0 Å². The number of nitrogens with zero attached hydrogens (tertiary/aromatic N) is 5. The molecule has 1 amide bonds. The maximum absolute atomic E-state index is 12.5. The van der Waals surface area contributed by atoms with E-state index in [1.54, 1.807) is 0 Å². The number of nitrogens with one attached hydrogen (secondary N) is 1. The molecule has 0 saturated carbocycles. The van der Waals surface area contributed by atoms with Gasteiger partial charge in [-0.2, -0.15) is 5.10 Å². The predicted molar refractivity (Wildman–Crippen MR) is 129 cm³/mol. The fraction of sp³-hybridized carbons (Fsp3) is 0.600. The minimum Gasteiger partial charge on any atom is -0.352 e.